The summed E-state index contributed by atoms with van der Waals surface area (Å²) in [5.41, 5.74) is 7.08. The Morgan fingerprint density at radius 2 is 0.606 bits per heavy atom. The third-order valence-corrected chi connectivity index (χ3v) is 6.19. The summed E-state index contributed by atoms with van der Waals surface area (Å²) in [6.07, 6.45) is 8.40. The molecule has 0 atom stereocenters. The van der Waals surface area contributed by atoms with Gasteiger partial charge in [-0.2, -0.15) is 0 Å². The summed E-state index contributed by atoms with van der Waals surface area (Å²) in [4.78, 5) is 0. The normalized spacial score (nSPS) is 11.0. The molecule has 0 saturated carbocycles. The molecule has 2 heteroatoms. The molecular weight excluding hydrogens is 410 g/mol. The van der Waals surface area contributed by atoms with Gasteiger partial charge in [0, 0.05) is 0 Å². The molecule has 4 rings (SSSR count). The molecule has 0 aliphatic rings. The van der Waals surface area contributed by atoms with Crippen LogP contribution < -0.4 is 0 Å². The van der Waals surface area contributed by atoms with Crippen molar-refractivity contribution in [2.24, 2.45) is 0 Å². The van der Waals surface area contributed by atoms with Crippen molar-refractivity contribution in [3.05, 3.63) is 120 Å². The minimum atomic E-state index is -0.199. The van der Waals surface area contributed by atoms with Gasteiger partial charge in [0.05, 0.1) is 0 Å². The Morgan fingerprint density at radius 1 is 0.333 bits per heavy atom. The monoisotopic (exact) mass is 440 g/mol. The van der Waals surface area contributed by atoms with Gasteiger partial charge in [-0.05, 0) is 83.3 Å². The molecule has 0 aliphatic heterocycles. The van der Waals surface area contributed by atoms with Crippen molar-refractivity contribution in [2.45, 2.75) is 44.9 Å². The highest BCUT2D eigenvalue weighted by atomic mass is 19.1. The lowest BCUT2D eigenvalue weighted by Gasteiger charge is -2.06. The van der Waals surface area contributed by atoms with Crippen LogP contribution in [-0.2, 0) is 12.8 Å². The van der Waals surface area contributed by atoms with Crippen molar-refractivity contribution >= 4 is 0 Å². The topological polar surface area (TPSA) is 0 Å². The minimum absolute atomic E-state index is 0.199. The van der Waals surface area contributed by atoms with Crippen LogP contribution in [0.15, 0.2) is 97.1 Å². The Balaban J connectivity index is 1.12. The van der Waals surface area contributed by atoms with Gasteiger partial charge >= 0.3 is 0 Å². The summed E-state index contributed by atoms with van der Waals surface area (Å²) in [5.74, 6) is -0.398. The third kappa shape index (κ3) is 6.86. The fourth-order valence-electron chi connectivity index (χ4n) is 4.20. The predicted molar refractivity (Wildman–Crippen MR) is 134 cm³/mol. The molecule has 0 aromatic heterocycles. The van der Waals surface area contributed by atoms with E-state index in [1.165, 1.54) is 67.5 Å². The second-order valence-corrected chi connectivity index (χ2v) is 8.68. The van der Waals surface area contributed by atoms with Crippen LogP contribution in [0.3, 0.4) is 0 Å². The fourth-order valence-corrected chi connectivity index (χ4v) is 4.20. The first kappa shape index (κ1) is 22.9. The molecule has 0 nitrogen and oxygen atoms in total. The maximum Gasteiger partial charge on any atom is 0.123 e. The minimum Gasteiger partial charge on any atom is -0.207 e. The molecule has 4 aromatic rings. The summed E-state index contributed by atoms with van der Waals surface area (Å²) in [6.45, 7) is 0. The lowest BCUT2D eigenvalue weighted by Crippen LogP contribution is -1.89. The van der Waals surface area contributed by atoms with Gasteiger partial charge < -0.3 is 0 Å². The Labute approximate surface area is 195 Å². The molecular formula is C31H30F2. The van der Waals surface area contributed by atoms with Crippen molar-refractivity contribution in [1.82, 2.24) is 0 Å². The van der Waals surface area contributed by atoms with E-state index in [0.29, 0.717) is 0 Å². The molecule has 0 aliphatic carbocycles. The Kier molecular flexibility index (Phi) is 8.03. The van der Waals surface area contributed by atoms with Crippen LogP contribution in [0.1, 0.15) is 43.2 Å². The van der Waals surface area contributed by atoms with E-state index in [0.717, 1.165) is 35.1 Å². The van der Waals surface area contributed by atoms with Crippen molar-refractivity contribution < 1.29 is 8.78 Å². The van der Waals surface area contributed by atoms with Gasteiger partial charge in [-0.1, -0.05) is 92.1 Å². The summed E-state index contributed by atoms with van der Waals surface area (Å²) in [5, 5.41) is 0. The fraction of sp³-hybridized carbons (Fsp3) is 0.226. The standard InChI is InChI=1S/C31H30F2/c32-30-20-16-28(17-21-30)26-12-8-24(9-13-26)6-4-2-1-3-5-7-25-10-14-27(15-11-25)29-18-22-31(33)23-19-29/h8-23H,1-7H2. The first-order chi connectivity index (χ1) is 16.2. The summed E-state index contributed by atoms with van der Waals surface area (Å²) >= 11 is 0. The number of halogens is 2. The number of aryl methyl sites for hydroxylation is 2. The highest BCUT2D eigenvalue weighted by molar-refractivity contribution is 5.64. The molecule has 0 bridgehead atoms. The zero-order valence-corrected chi connectivity index (χ0v) is 18.9. The second-order valence-electron chi connectivity index (χ2n) is 8.68. The molecule has 0 N–H and O–H groups in total. The molecule has 0 fully saturated rings. The molecule has 0 spiro atoms. The average molecular weight is 441 g/mol. The van der Waals surface area contributed by atoms with Crippen LogP contribution in [0.4, 0.5) is 8.78 Å². The van der Waals surface area contributed by atoms with Crippen molar-refractivity contribution in [3.63, 3.8) is 0 Å². The number of rotatable bonds is 10. The van der Waals surface area contributed by atoms with Crippen LogP contribution in [0, 0.1) is 11.6 Å². The van der Waals surface area contributed by atoms with Gasteiger partial charge in [0.15, 0.2) is 0 Å². The zero-order chi connectivity index (χ0) is 22.9. The molecule has 0 unspecified atom stereocenters. The van der Waals surface area contributed by atoms with E-state index in [2.05, 4.69) is 48.5 Å². The Bertz CT molecular complexity index is 1020. The molecule has 168 valence electrons. The quantitative estimate of drug-likeness (QED) is 0.216. The van der Waals surface area contributed by atoms with Crippen molar-refractivity contribution in [2.75, 3.05) is 0 Å². The van der Waals surface area contributed by atoms with Crippen LogP contribution in [0.5, 0.6) is 0 Å². The summed E-state index contributed by atoms with van der Waals surface area (Å²) < 4.78 is 26.2. The summed E-state index contributed by atoms with van der Waals surface area (Å²) in [6, 6.07) is 30.6. The van der Waals surface area contributed by atoms with Gasteiger partial charge in [-0.25, -0.2) is 8.78 Å². The number of hydrogen-bond acceptors (Lipinski definition) is 0. The van der Waals surface area contributed by atoms with Crippen molar-refractivity contribution in [1.29, 1.82) is 0 Å². The number of unbranched alkanes of at least 4 members (excludes halogenated alkanes) is 4. The molecule has 0 amide bonds. The largest absolute Gasteiger partial charge is 0.207 e. The molecule has 33 heavy (non-hydrogen) atoms. The van der Waals surface area contributed by atoms with Crippen molar-refractivity contribution in [3.8, 4) is 22.3 Å². The lowest BCUT2D eigenvalue weighted by atomic mass is 9.99. The smallest absolute Gasteiger partial charge is 0.123 e. The zero-order valence-electron chi connectivity index (χ0n) is 18.9. The maximum atomic E-state index is 13.1. The van der Waals surface area contributed by atoms with Gasteiger partial charge in [-0.15, -0.1) is 0 Å². The van der Waals surface area contributed by atoms with E-state index in [1.54, 1.807) is 0 Å². The third-order valence-electron chi connectivity index (χ3n) is 6.19. The maximum absolute atomic E-state index is 13.1. The van der Waals surface area contributed by atoms with Gasteiger partial charge in [0.1, 0.15) is 11.6 Å². The Morgan fingerprint density at radius 3 is 0.939 bits per heavy atom. The van der Waals surface area contributed by atoms with Gasteiger partial charge in [-0.3, -0.25) is 0 Å². The lowest BCUT2D eigenvalue weighted by molar-refractivity contribution is 0.613. The first-order valence-electron chi connectivity index (χ1n) is 11.9. The number of benzene rings is 4. The molecule has 4 aromatic carbocycles. The van der Waals surface area contributed by atoms with E-state index in [-0.39, 0.29) is 11.6 Å². The number of hydrogen-bond donors (Lipinski definition) is 0. The van der Waals surface area contributed by atoms with Gasteiger partial charge in [0.25, 0.3) is 0 Å². The van der Waals surface area contributed by atoms with E-state index in [1.807, 2.05) is 24.3 Å². The first-order valence-corrected chi connectivity index (χ1v) is 11.9. The van der Waals surface area contributed by atoms with Crippen LogP contribution >= 0.6 is 0 Å². The Hall–Kier alpha value is -3.26. The summed E-state index contributed by atoms with van der Waals surface area (Å²) in [7, 11) is 0. The van der Waals surface area contributed by atoms with Crippen LogP contribution in [0.2, 0.25) is 0 Å². The SMILES string of the molecule is Fc1ccc(-c2ccc(CCCCCCCc3ccc(-c4ccc(F)cc4)cc3)cc2)cc1. The van der Waals surface area contributed by atoms with Gasteiger partial charge in [0.2, 0.25) is 0 Å². The van der Waals surface area contributed by atoms with E-state index >= 15 is 0 Å². The van der Waals surface area contributed by atoms with Crippen LogP contribution in [-0.4, -0.2) is 0 Å². The molecule has 0 radical (unpaired) electrons. The second kappa shape index (κ2) is 11.6. The predicted octanol–water partition coefficient (Wildman–Crippen LogP) is 9.03. The average Bonchev–Trinajstić information content (AvgIpc) is 2.85. The molecule has 0 saturated heterocycles. The van der Waals surface area contributed by atoms with E-state index in [4.69, 9.17) is 0 Å². The highest BCUT2D eigenvalue weighted by Gasteiger charge is 2.01. The van der Waals surface area contributed by atoms with E-state index < -0.39 is 0 Å². The van der Waals surface area contributed by atoms with Crippen LogP contribution in [0.25, 0.3) is 22.3 Å². The van der Waals surface area contributed by atoms with E-state index in [9.17, 15) is 8.78 Å². The highest BCUT2D eigenvalue weighted by Crippen LogP contribution is 2.22. The molecule has 0 heterocycles.